The molecule has 1 fully saturated rings. The maximum absolute atomic E-state index is 12.8. The summed E-state index contributed by atoms with van der Waals surface area (Å²) in [6.45, 7) is 3.68. The van der Waals surface area contributed by atoms with Crippen LogP contribution in [0.1, 0.15) is 13.3 Å². The first kappa shape index (κ1) is 20.2. The highest BCUT2D eigenvalue weighted by Gasteiger charge is 2.24. The Labute approximate surface area is 147 Å². The van der Waals surface area contributed by atoms with E-state index in [1.165, 1.54) is 24.3 Å². The van der Waals surface area contributed by atoms with E-state index >= 15 is 0 Å². The lowest BCUT2D eigenvalue weighted by molar-refractivity contribution is -0.140. The van der Waals surface area contributed by atoms with Gasteiger partial charge in [0, 0.05) is 38.6 Å². The molecule has 1 aromatic carbocycles. The maximum Gasteiger partial charge on any atom is 0.260 e. The van der Waals surface area contributed by atoms with Crippen molar-refractivity contribution in [3.05, 3.63) is 30.1 Å². The molecule has 0 aromatic heterocycles. The van der Waals surface area contributed by atoms with Crippen molar-refractivity contribution in [2.24, 2.45) is 5.73 Å². The van der Waals surface area contributed by atoms with Crippen LogP contribution in [0.3, 0.4) is 0 Å². The summed E-state index contributed by atoms with van der Waals surface area (Å²) in [4.78, 5) is 27.4. The molecule has 1 saturated heterocycles. The average molecular weight is 360 g/mol. The molecule has 0 bridgehead atoms. The van der Waals surface area contributed by atoms with Gasteiger partial charge in [-0.3, -0.25) is 9.59 Å². The zero-order chi connectivity index (χ0) is 16.8. The highest BCUT2D eigenvalue weighted by molar-refractivity contribution is 5.85. The molecule has 1 aliphatic heterocycles. The SMILES string of the molecule is CC(N)CC(=O)N1CCN(C(=O)COc2ccc(F)cc2)CC1.Cl. The minimum absolute atomic E-state index is 0. The Morgan fingerprint density at radius 2 is 1.62 bits per heavy atom. The lowest BCUT2D eigenvalue weighted by Crippen LogP contribution is -2.52. The van der Waals surface area contributed by atoms with Gasteiger partial charge in [0.25, 0.3) is 5.91 Å². The van der Waals surface area contributed by atoms with Gasteiger partial charge < -0.3 is 20.3 Å². The predicted octanol–water partition coefficient (Wildman–Crippen LogP) is 1.03. The average Bonchev–Trinajstić information content (AvgIpc) is 2.53. The van der Waals surface area contributed by atoms with Gasteiger partial charge in [-0.2, -0.15) is 0 Å². The molecule has 134 valence electrons. The van der Waals surface area contributed by atoms with Crippen LogP contribution >= 0.6 is 12.4 Å². The van der Waals surface area contributed by atoms with E-state index in [9.17, 15) is 14.0 Å². The first-order valence-corrected chi connectivity index (χ1v) is 7.65. The molecule has 1 atom stereocenters. The summed E-state index contributed by atoms with van der Waals surface area (Å²) in [6, 6.07) is 5.36. The second-order valence-corrected chi connectivity index (χ2v) is 5.69. The zero-order valence-corrected chi connectivity index (χ0v) is 14.4. The molecule has 0 spiro atoms. The summed E-state index contributed by atoms with van der Waals surface area (Å²) in [5, 5.41) is 0. The second-order valence-electron chi connectivity index (χ2n) is 5.69. The third kappa shape index (κ3) is 5.98. The Morgan fingerprint density at radius 1 is 1.12 bits per heavy atom. The van der Waals surface area contributed by atoms with E-state index in [1.807, 2.05) is 0 Å². The fourth-order valence-corrected chi connectivity index (χ4v) is 2.38. The van der Waals surface area contributed by atoms with Gasteiger partial charge in [-0.25, -0.2) is 4.39 Å². The van der Waals surface area contributed by atoms with E-state index in [0.717, 1.165) is 0 Å². The highest BCUT2D eigenvalue weighted by atomic mass is 35.5. The molecule has 2 rings (SSSR count). The van der Waals surface area contributed by atoms with E-state index in [2.05, 4.69) is 0 Å². The van der Waals surface area contributed by atoms with Crippen LogP contribution in [-0.2, 0) is 9.59 Å². The van der Waals surface area contributed by atoms with Gasteiger partial charge in [-0.15, -0.1) is 12.4 Å². The highest BCUT2D eigenvalue weighted by Crippen LogP contribution is 2.12. The molecule has 1 heterocycles. The number of rotatable bonds is 5. The van der Waals surface area contributed by atoms with E-state index in [4.69, 9.17) is 10.5 Å². The minimum Gasteiger partial charge on any atom is -0.484 e. The van der Waals surface area contributed by atoms with Gasteiger partial charge in [0.2, 0.25) is 5.91 Å². The van der Waals surface area contributed by atoms with Crippen LogP contribution in [-0.4, -0.2) is 60.4 Å². The van der Waals surface area contributed by atoms with Crippen molar-refractivity contribution in [3.63, 3.8) is 0 Å². The van der Waals surface area contributed by atoms with Crippen molar-refractivity contribution >= 4 is 24.2 Å². The van der Waals surface area contributed by atoms with Gasteiger partial charge >= 0.3 is 0 Å². The molecule has 6 nitrogen and oxygen atoms in total. The second kappa shape index (κ2) is 9.44. The fourth-order valence-electron chi connectivity index (χ4n) is 2.38. The van der Waals surface area contributed by atoms with Crippen molar-refractivity contribution in [1.82, 2.24) is 9.80 Å². The van der Waals surface area contributed by atoms with Crippen LogP contribution < -0.4 is 10.5 Å². The maximum atomic E-state index is 12.8. The van der Waals surface area contributed by atoms with Crippen LogP contribution in [0.15, 0.2) is 24.3 Å². The summed E-state index contributed by atoms with van der Waals surface area (Å²) in [5.41, 5.74) is 5.63. The molecule has 0 saturated carbocycles. The number of amides is 2. The van der Waals surface area contributed by atoms with Crippen LogP contribution in [0.2, 0.25) is 0 Å². The first-order chi connectivity index (χ1) is 11.0. The van der Waals surface area contributed by atoms with Gasteiger partial charge in [-0.1, -0.05) is 0 Å². The van der Waals surface area contributed by atoms with Crippen LogP contribution in [0.25, 0.3) is 0 Å². The normalized spacial score (nSPS) is 15.5. The molecule has 0 radical (unpaired) electrons. The van der Waals surface area contributed by atoms with Gasteiger partial charge in [-0.05, 0) is 31.2 Å². The standard InChI is InChI=1S/C16H22FN3O3.ClH/c1-12(18)10-15(21)19-6-8-20(9-7-19)16(22)11-23-14-4-2-13(17)3-5-14;/h2-5,12H,6-11,18H2,1H3;1H. The Bertz CT molecular complexity index is 546. The number of nitrogens with zero attached hydrogens (tertiary/aromatic N) is 2. The van der Waals surface area contributed by atoms with Gasteiger partial charge in [0.15, 0.2) is 6.61 Å². The number of benzene rings is 1. The number of carbonyl (C=O) groups is 2. The Hall–Kier alpha value is -1.86. The largest absolute Gasteiger partial charge is 0.484 e. The smallest absolute Gasteiger partial charge is 0.260 e. The fraction of sp³-hybridized carbons (Fsp3) is 0.500. The molecule has 1 aromatic rings. The summed E-state index contributed by atoms with van der Waals surface area (Å²) in [5.74, 6) is -0.0231. The van der Waals surface area contributed by atoms with Crippen molar-refractivity contribution in [3.8, 4) is 5.75 Å². The molecular formula is C16H23ClFN3O3. The van der Waals surface area contributed by atoms with E-state index in [-0.39, 0.29) is 42.7 Å². The van der Waals surface area contributed by atoms with Crippen molar-refractivity contribution in [1.29, 1.82) is 0 Å². The molecule has 8 heteroatoms. The summed E-state index contributed by atoms with van der Waals surface area (Å²) in [6.07, 6.45) is 0.321. The molecule has 24 heavy (non-hydrogen) atoms. The van der Waals surface area contributed by atoms with Crippen molar-refractivity contribution < 1.29 is 18.7 Å². The van der Waals surface area contributed by atoms with Crippen molar-refractivity contribution in [2.75, 3.05) is 32.8 Å². The Kier molecular flexibility index (Phi) is 7.94. The number of halogens is 2. The van der Waals surface area contributed by atoms with E-state index < -0.39 is 0 Å². The van der Waals surface area contributed by atoms with Crippen molar-refractivity contribution in [2.45, 2.75) is 19.4 Å². The number of hydrogen-bond acceptors (Lipinski definition) is 4. The topological polar surface area (TPSA) is 75.9 Å². The number of piperazine rings is 1. The minimum atomic E-state index is -0.351. The van der Waals surface area contributed by atoms with Crippen LogP contribution in [0, 0.1) is 5.82 Å². The lowest BCUT2D eigenvalue weighted by Gasteiger charge is -2.35. The first-order valence-electron chi connectivity index (χ1n) is 7.65. The third-order valence-corrected chi connectivity index (χ3v) is 3.66. The predicted molar refractivity (Wildman–Crippen MR) is 90.6 cm³/mol. The molecule has 2 amide bonds. The van der Waals surface area contributed by atoms with Crippen LogP contribution in [0.5, 0.6) is 5.75 Å². The summed E-state index contributed by atoms with van der Waals surface area (Å²) in [7, 11) is 0. The molecule has 1 aliphatic rings. The molecular weight excluding hydrogens is 337 g/mol. The van der Waals surface area contributed by atoms with Gasteiger partial charge in [0.05, 0.1) is 0 Å². The third-order valence-electron chi connectivity index (χ3n) is 3.66. The monoisotopic (exact) mass is 359 g/mol. The zero-order valence-electron chi connectivity index (χ0n) is 13.6. The Morgan fingerprint density at radius 3 is 2.12 bits per heavy atom. The summed E-state index contributed by atoms with van der Waals surface area (Å²) >= 11 is 0. The lowest BCUT2D eigenvalue weighted by atomic mass is 10.2. The molecule has 1 unspecified atom stereocenters. The number of carbonyl (C=O) groups excluding carboxylic acids is 2. The number of ether oxygens (including phenoxy) is 1. The number of hydrogen-bond donors (Lipinski definition) is 1. The number of nitrogens with two attached hydrogens (primary N) is 1. The summed E-state index contributed by atoms with van der Waals surface area (Å²) < 4.78 is 18.1. The Balaban J connectivity index is 0.00000288. The van der Waals surface area contributed by atoms with Crippen LogP contribution in [0.4, 0.5) is 4.39 Å². The molecule has 2 N–H and O–H groups in total. The van der Waals surface area contributed by atoms with Gasteiger partial charge in [0.1, 0.15) is 11.6 Å². The quantitative estimate of drug-likeness (QED) is 0.852. The van der Waals surface area contributed by atoms with E-state index in [1.54, 1.807) is 16.7 Å². The van der Waals surface area contributed by atoms with E-state index in [0.29, 0.717) is 38.3 Å². The molecule has 0 aliphatic carbocycles.